The van der Waals surface area contributed by atoms with Gasteiger partial charge >= 0.3 is 6.18 Å². The molecule has 1 atom stereocenters. The molecule has 2 heterocycles. The Morgan fingerprint density at radius 3 is 2.66 bits per heavy atom. The molecule has 1 fully saturated rings. The number of rotatable bonds is 6. The summed E-state index contributed by atoms with van der Waals surface area (Å²) in [7, 11) is 1.71. The van der Waals surface area contributed by atoms with Gasteiger partial charge in [0.15, 0.2) is 5.41 Å². The molecule has 4 rings (SSSR count). The summed E-state index contributed by atoms with van der Waals surface area (Å²) in [5.74, 6) is -0.844. The molecule has 5 nitrogen and oxygen atoms in total. The van der Waals surface area contributed by atoms with E-state index in [2.05, 4.69) is 10.3 Å². The summed E-state index contributed by atoms with van der Waals surface area (Å²) in [5.41, 5.74) is -0.346. The number of halogens is 4. The topological polar surface area (TPSA) is 50.2 Å². The van der Waals surface area contributed by atoms with Gasteiger partial charge in [0.25, 0.3) is 0 Å². The number of carbonyl (C=O) groups excluding carboxylic acids is 1. The van der Waals surface area contributed by atoms with Gasteiger partial charge in [0.1, 0.15) is 11.6 Å². The van der Waals surface area contributed by atoms with Crippen LogP contribution in [0, 0.1) is 11.2 Å². The van der Waals surface area contributed by atoms with Gasteiger partial charge in [-0.15, -0.1) is 0 Å². The highest BCUT2D eigenvalue weighted by atomic mass is 19.4. The van der Waals surface area contributed by atoms with Crippen molar-refractivity contribution in [1.82, 2.24) is 19.8 Å². The maximum Gasteiger partial charge on any atom is 0.404 e. The van der Waals surface area contributed by atoms with E-state index < -0.39 is 23.3 Å². The Balaban J connectivity index is 1.42. The Bertz CT molecular complexity index is 1110. The second-order valence-corrected chi connectivity index (χ2v) is 8.25. The van der Waals surface area contributed by atoms with Crippen molar-refractivity contribution < 1.29 is 22.4 Å². The van der Waals surface area contributed by atoms with Crippen LogP contribution in [0.4, 0.5) is 17.6 Å². The average molecular weight is 448 g/mol. The molecular formula is C23H24F4N4O. The molecule has 1 amide bonds. The van der Waals surface area contributed by atoms with Gasteiger partial charge in [0.05, 0.1) is 11.0 Å². The van der Waals surface area contributed by atoms with Gasteiger partial charge in [0, 0.05) is 33.1 Å². The molecule has 1 saturated heterocycles. The van der Waals surface area contributed by atoms with Crippen molar-refractivity contribution in [2.24, 2.45) is 12.5 Å². The lowest BCUT2D eigenvalue weighted by Gasteiger charge is -2.30. The van der Waals surface area contributed by atoms with Crippen molar-refractivity contribution in [3.8, 4) is 0 Å². The van der Waals surface area contributed by atoms with Crippen LogP contribution in [-0.4, -0.2) is 46.2 Å². The molecule has 0 spiro atoms. The minimum Gasteiger partial charge on any atom is -0.355 e. The monoisotopic (exact) mass is 448 g/mol. The van der Waals surface area contributed by atoms with Crippen LogP contribution in [0.15, 0.2) is 48.5 Å². The normalized spacial score (nSPS) is 19.5. The quantitative estimate of drug-likeness (QED) is 0.584. The molecule has 0 aliphatic carbocycles. The van der Waals surface area contributed by atoms with Crippen molar-refractivity contribution in [2.75, 3.05) is 19.6 Å². The summed E-state index contributed by atoms with van der Waals surface area (Å²) in [6, 6.07) is 13.4. The van der Waals surface area contributed by atoms with E-state index in [1.807, 2.05) is 30.3 Å². The molecule has 1 aliphatic rings. The van der Waals surface area contributed by atoms with Gasteiger partial charge in [-0.3, -0.25) is 9.69 Å². The Morgan fingerprint density at radius 2 is 1.94 bits per heavy atom. The third kappa shape index (κ3) is 4.21. The van der Waals surface area contributed by atoms with Crippen molar-refractivity contribution in [1.29, 1.82) is 0 Å². The first-order valence-electron chi connectivity index (χ1n) is 10.4. The summed E-state index contributed by atoms with van der Waals surface area (Å²) < 4.78 is 57.2. The zero-order valence-corrected chi connectivity index (χ0v) is 17.6. The predicted molar refractivity (Wildman–Crippen MR) is 112 cm³/mol. The van der Waals surface area contributed by atoms with Gasteiger partial charge in [-0.25, -0.2) is 9.37 Å². The summed E-state index contributed by atoms with van der Waals surface area (Å²) in [5, 5.41) is 2.47. The lowest BCUT2D eigenvalue weighted by molar-refractivity contribution is -0.218. The Hall–Kier alpha value is -2.94. The number of aromatic nitrogens is 2. The molecule has 1 aliphatic heterocycles. The van der Waals surface area contributed by atoms with Crippen LogP contribution in [-0.2, 0) is 24.8 Å². The highest BCUT2D eigenvalue weighted by Crippen LogP contribution is 2.46. The molecule has 0 saturated carbocycles. The van der Waals surface area contributed by atoms with Crippen LogP contribution in [0.3, 0.4) is 0 Å². The van der Waals surface area contributed by atoms with Crippen molar-refractivity contribution in [2.45, 2.75) is 25.6 Å². The number of alkyl halides is 3. The van der Waals surface area contributed by atoms with Crippen LogP contribution in [0.2, 0.25) is 0 Å². The van der Waals surface area contributed by atoms with Crippen LogP contribution in [0.25, 0.3) is 11.0 Å². The maximum atomic E-state index is 14.0. The zero-order chi connectivity index (χ0) is 22.9. The number of aryl methyl sites for hydroxylation is 1. The first-order valence-corrected chi connectivity index (χ1v) is 10.4. The molecule has 9 heteroatoms. The highest BCUT2D eigenvalue weighted by Gasteiger charge is 2.62. The lowest BCUT2D eigenvalue weighted by Crippen LogP contribution is -2.52. The van der Waals surface area contributed by atoms with Crippen molar-refractivity contribution in [3.63, 3.8) is 0 Å². The minimum atomic E-state index is -4.65. The van der Waals surface area contributed by atoms with Crippen molar-refractivity contribution in [3.05, 3.63) is 65.7 Å². The number of hydrogen-bond donors (Lipinski definition) is 1. The molecule has 1 unspecified atom stereocenters. The second-order valence-electron chi connectivity index (χ2n) is 8.25. The third-order valence-electron chi connectivity index (χ3n) is 6.14. The number of imidazole rings is 1. The van der Waals surface area contributed by atoms with Crippen molar-refractivity contribution >= 4 is 16.9 Å². The number of amides is 1. The van der Waals surface area contributed by atoms with Gasteiger partial charge in [-0.2, -0.15) is 13.2 Å². The van der Waals surface area contributed by atoms with E-state index in [0.29, 0.717) is 23.4 Å². The summed E-state index contributed by atoms with van der Waals surface area (Å²) in [6.45, 7) is 0.193. The minimum absolute atomic E-state index is 0.00892. The van der Waals surface area contributed by atoms with Gasteiger partial charge in [-0.1, -0.05) is 30.3 Å². The van der Waals surface area contributed by atoms with E-state index in [1.54, 1.807) is 22.6 Å². The SMILES string of the molecule is Cn1c(CCNC(=O)C2(C(F)(F)F)CCN(Cc3ccccc3)C2)nc2ccc(F)cc21. The number of carbonyl (C=O) groups is 1. The zero-order valence-electron chi connectivity index (χ0n) is 17.6. The molecule has 32 heavy (non-hydrogen) atoms. The van der Waals surface area contributed by atoms with Crippen LogP contribution >= 0.6 is 0 Å². The molecule has 1 N–H and O–H groups in total. The predicted octanol–water partition coefficient (Wildman–Crippen LogP) is 3.83. The Kier molecular flexibility index (Phi) is 5.94. The number of likely N-dealkylation sites (tertiary alicyclic amines) is 1. The van der Waals surface area contributed by atoms with E-state index in [0.717, 1.165) is 5.56 Å². The van der Waals surface area contributed by atoms with E-state index >= 15 is 0 Å². The number of hydrogen-bond acceptors (Lipinski definition) is 3. The molecule has 170 valence electrons. The molecule has 3 aromatic rings. The average Bonchev–Trinajstić information content (AvgIpc) is 3.31. The summed E-state index contributed by atoms with van der Waals surface area (Å²) in [4.78, 5) is 18.8. The third-order valence-corrected chi connectivity index (χ3v) is 6.14. The number of fused-ring (bicyclic) bond motifs is 1. The van der Waals surface area contributed by atoms with E-state index in [4.69, 9.17) is 0 Å². The van der Waals surface area contributed by atoms with E-state index in [9.17, 15) is 22.4 Å². The first-order chi connectivity index (χ1) is 15.2. The fourth-order valence-electron chi connectivity index (χ4n) is 4.30. The lowest BCUT2D eigenvalue weighted by atomic mass is 9.85. The fraction of sp³-hybridized carbons (Fsp3) is 0.391. The molecular weight excluding hydrogens is 424 g/mol. The van der Waals surface area contributed by atoms with Gasteiger partial charge in [-0.05, 0) is 36.7 Å². The molecule has 2 aromatic carbocycles. The van der Waals surface area contributed by atoms with Crippen LogP contribution in [0.1, 0.15) is 17.8 Å². The van der Waals surface area contributed by atoms with Crippen LogP contribution in [0.5, 0.6) is 0 Å². The number of nitrogens with one attached hydrogen (secondary N) is 1. The highest BCUT2D eigenvalue weighted by molar-refractivity contribution is 5.84. The smallest absolute Gasteiger partial charge is 0.355 e. The maximum absolute atomic E-state index is 14.0. The molecule has 1 aromatic heterocycles. The second kappa shape index (κ2) is 8.54. The molecule has 0 bridgehead atoms. The standard InChI is InChI=1S/C23H24F4N4O/c1-30-19-13-17(24)7-8-18(19)29-20(30)9-11-28-21(32)22(23(25,26)27)10-12-31(15-22)14-16-5-3-2-4-6-16/h2-8,13H,9-12,14-15H2,1H3,(H,28,32). The molecule has 0 radical (unpaired) electrons. The Labute approximate surface area is 183 Å². The summed E-state index contributed by atoms with van der Waals surface area (Å²) >= 11 is 0. The van der Waals surface area contributed by atoms with E-state index in [1.165, 1.54) is 12.1 Å². The number of nitrogens with zero attached hydrogens (tertiary/aromatic N) is 3. The van der Waals surface area contributed by atoms with E-state index in [-0.39, 0.29) is 32.5 Å². The van der Waals surface area contributed by atoms with Gasteiger partial charge in [0.2, 0.25) is 5.91 Å². The fourth-order valence-corrected chi connectivity index (χ4v) is 4.30. The number of benzene rings is 2. The Morgan fingerprint density at radius 1 is 1.19 bits per heavy atom. The van der Waals surface area contributed by atoms with Crippen LogP contribution < -0.4 is 5.32 Å². The summed E-state index contributed by atoms with van der Waals surface area (Å²) in [6.07, 6.45) is -4.70. The largest absolute Gasteiger partial charge is 0.404 e. The first kappa shape index (κ1) is 22.3. The van der Waals surface area contributed by atoms with Gasteiger partial charge < -0.3 is 9.88 Å².